The van der Waals surface area contributed by atoms with Crippen LogP contribution in [0.2, 0.25) is 5.02 Å². The van der Waals surface area contributed by atoms with Gasteiger partial charge in [-0.2, -0.15) is 15.2 Å². The minimum Gasteiger partial charge on any atom is -0.384 e. The molecule has 4 rings (SSSR count). The summed E-state index contributed by atoms with van der Waals surface area (Å²) in [6, 6.07) is 8.13. The summed E-state index contributed by atoms with van der Waals surface area (Å²) in [7, 11) is 0. The minimum atomic E-state index is -0.575. The number of pyridine rings is 1. The zero-order valence-corrected chi connectivity index (χ0v) is 19.1. The van der Waals surface area contributed by atoms with Gasteiger partial charge in [0.15, 0.2) is 5.82 Å². The first-order valence-corrected chi connectivity index (χ1v) is 10.7. The summed E-state index contributed by atoms with van der Waals surface area (Å²) in [5.41, 5.74) is 18.7. The monoisotopic (exact) mass is 476 g/mol. The summed E-state index contributed by atoms with van der Waals surface area (Å²) < 4.78 is 1.44. The SMILES string of the molecule is CCC(Nc1nc(N)nc(N)c1C#N)c1nc2cccc(Cl)c2c(=O)n1-c1cnc(N)cc1C. The fraction of sp³-hybridized carbons (Fsp3) is 0.182. The van der Waals surface area contributed by atoms with Gasteiger partial charge < -0.3 is 22.5 Å². The molecular formula is C22H21ClN10O. The van der Waals surface area contributed by atoms with Crippen molar-refractivity contribution in [2.45, 2.75) is 26.3 Å². The zero-order chi connectivity index (χ0) is 24.6. The molecule has 1 unspecified atom stereocenters. The summed E-state index contributed by atoms with van der Waals surface area (Å²) in [5, 5.41) is 13.3. The van der Waals surface area contributed by atoms with Crippen molar-refractivity contribution in [3.8, 4) is 11.8 Å². The molecule has 11 nitrogen and oxygen atoms in total. The van der Waals surface area contributed by atoms with Crippen LogP contribution in [0.5, 0.6) is 0 Å². The van der Waals surface area contributed by atoms with Crippen LogP contribution in [0, 0.1) is 18.3 Å². The Morgan fingerprint density at radius 1 is 1.24 bits per heavy atom. The van der Waals surface area contributed by atoms with E-state index in [2.05, 4.69) is 20.3 Å². The molecule has 0 saturated carbocycles. The molecule has 3 aromatic heterocycles. The largest absolute Gasteiger partial charge is 0.384 e. The third-order valence-corrected chi connectivity index (χ3v) is 5.63. The lowest BCUT2D eigenvalue weighted by Crippen LogP contribution is -2.29. The number of benzene rings is 1. The second-order valence-corrected chi connectivity index (χ2v) is 7.96. The Bertz CT molecular complexity index is 1530. The van der Waals surface area contributed by atoms with Crippen molar-refractivity contribution in [3.05, 3.63) is 62.8 Å². The van der Waals surface area contributed by atoms with E-state index in [9.17, 15) is 10.1 Å². The van der Waals surface area contributed by atoms with E-state index in [1.165, 1.54) is 10.8 Å². The lowest BCUT2D eigenvalue weighted by Gasteiger charge is -2.23. The van der Waals surface area contributed by atoms with Gasteiger partial charge in [0.05, 0.1) is 33.9 Å². The molecule has 172 valence electrons. The van der Waals surface area contributed by atoms with Gasteiger partial charge >= 0.3 is 0 Å². The summed E-state index contributed by atoms with van der Waals surface area (Å²) in [4.78, 5) is 30.7. The number of nitrogens with two attached hydrogens (primary N) is 3. The highest BCUT2D eigenvalue weighted by Gasteiger charge is 2.24. The van der Waals surface area contributed by atoms with Crippen LogP contribution in [-0.2, 0) is 0 Å². The highest BCUT2D eigenvalue weighted by Crippen LogP contribution is 2.29. The average Bonchev–Trinajstić information content (AvgIpc) is 2.78. The fourth-order valence-electron chi connectivity index (χ4n) is 3.70. The second-order valence-electron chi connectivity index (χ2n) is 7.55. The molecule has 1 atom stereocenters. The number of nitriles is 1. The van der Waals surface area contributed by atoms with Crippen LogP contribution in [0.1, 0.15) is 36.3 Å². The Labute approximate surface area is 199 Å². The number of aryl methyl sites for hydroxylation is 1. The topological polar surface area (TPSA) is 187 Å². The van der Waals surface area contributed by atoms with Gasteiger partial charge in [-0.05, 0) is 37.1 Å². The first-order valence-electron chi connectivity index (χ1n) is 10.3. The fourth-order valence-corrected chi connectivity index (χ4v) is 3.95. The third-order valence-electron chi connectivity index (χ3n) is 5.31. The predicted octanol–water partition coefficient (Wildman–Crippen LogP) is 2.71. The van der Waals surface area contributed by atoms with E-state index < -0.39 is 6.04 Å². The first kappa shape index (κ1) is 22.8. The Hall–Kier alpha value is -4.43. The van der Waals surface area contributed by atoms with E-state index in [-0.39, 0.29) is 39.1 Å². The number of halogens is 1. The van der Waals surface area contributed by atoms with Gasteiger partial charge in [-0.25, -0.2) is 9.97 Å². The van der Waals surface area contributed by atoms with E-state index >= 15 is 0 Å². The number of nitrogens with one attached hydrogen (secondary N) is 1. The van der Waals surface area contributed by atoms with E-state index in [1.54, 1.807) is 24.3 Å². The van der Waals surface area contributed by atoms with Gasteiger partial charge in [-0.1, -0.05) is 24.6 Å². The lowest BCUT2D eigenvalue weighted by molar-refractivity contribution is 0.656. The molecule has 0 radical (unpaired) electrons. The maximum atomic E-state index is 13.7. The molecular weight excluding hydrogens is 456 g/mol. The molecule has 7 N–H and O–H groups in total. The maximum absolute atomic E-state index is 13.7. The molecule has 0 spiro atoms. The van der Waals surface area contributed by atoms with Gasteiger partial charge in [-0.15, -0.1) is 0 Å². The Morgan fingerprint density at radius 2 is 2.00 bits per heavy atom. The van der Waals surface area contributed by atoms with Crippen LogP contribution in [-0.4, -0.2) is 24.5 Å². The van der Waals surface area contributed by atoms with Crippen molar-refractivity contribution in [2.75, 3.05) is 22.5 Å². The van der Waals surface area contributed by atoms with Crippen LogP contribution < -0.4 is 28.1 Å². The molecule has 0 aliphatic carbocycles. The minimum absolute atomic E-state index is 0.0377. The van der Waals surface area contributed by atoms with Crippen molar-refractivity contribution in [2.24, 2.45) is 0 Å². The highest BCUT2D eigenvalue weighted by molar-refractivity contribution is 6.35. The van der Waals surface area contributed by atoms with Crippen LogP contribution in [0.4, 0.5) is 23.4 Å². The van der Waals surface area contributed by atoms with Gasteiger partial charge in [0.2, 0.25) is 5.95 Å². The average molecular weight is 477 g/mol. The van der Waals surface area contributed by atoms with Crippen LogP contribution >= 0.6 is 11.6 Å². The number of rotatable bonds is 5. The van der Waals surface area contributed by atoms with Crippen LogP contribution in [0.15, 0.2) is 35.3 Å². The number of nitrogen functional groups attached to an aromatic ring is 3. The van der Waals surface area contributed by atoms with Gasteiger partial charge in [0, 0.05) is 0 Å². The zero-order valence-electron chi connectivity index (χ0n) is 18.4. The molecule has 4 aromatic rings. The summed E-state index contributed by atoms with van der Waals surface area (Å²) in [5.74, 6) is 0.665. The Balaban J connectivity index is 2.01. The molecule has 0 fully saturated rings. The van der Waals surface area contributed by atoms with Gasteiger partial charge in [-0.3, -0.25) is 9.36 Å². The third kappa shape index (κ3) is 3.91. The van der Waals surface area contributed by atoms with Gasteiger partial charge in [0.1, 0.15) is 29.1 Å². The molecule has 1 aromatic carbocycles. The van der Waals surface area contributed by atoms with E-state index in [4.69, 9.17) is 33.8 Å². The smallest absolute Gasteiger partial charge is 0.267 e. The standard InChI is InChI=1S/C22H21ClN10O/c1-3-13(29-19-11(8-24)18(26)31-22(27)32-19)20-30-14-6-4-5-12(23)17(14)21(34)33(20)15-9-28-16(25)7-10(15)2/h4-7,9,13H,3H2,1-2H3,(H2,25,28)(H5,26,27,29,31,32). The number of nitrogens with zero attached hydrogens (tertiary/aromatic N) is 6. The Kier molecular flexibility index (Phi) is 5.91. The number of aromatic nitrogens is 5. The van der Waals surface area contributed by atoms with E-state index in [0.29, 0.717) is 34.8 Å². The Morgan fingerprint density at radius 3 is 2.68 bits per heavy atom. The number of anilines is 4. The number of hydrogen-bond donors (Lipinski definition) is 4. The lowest BCUT2D eigenvalue weighted by atomic mass is 10.1. The quantitative estimate of drug-likeness (QED) is 0.333. The molecule has 0 bridgehead atoms. The highest BCUT2D eigenvalue weighted by atomic mass is 35.5. The van der Waals surface area contributed by atoms with E-state index in [1.807, 2.05) is 19.9 Å². The van der Waals surface area contributed by atoms with Gasteiger partial charge in [0.25, 0.3) is 5.56 Å². The molecule has 12 heteroatoms. The number of hydrogen-bond acceptors (Lipinski definition) is 10. The molecule has 0 saturated heterocycles. The normalized spacial score (nSPS) is 11.8. The van der Waals surface area contributed by atoms with Crippen LogP contribution in [0.3, 0.4) is 0 Å². The molecule has 34 heavy (non-hydrogen) atoms. The predicted molar refractivity (Wildman–Crippen MR) is 132 cm³/mol. The summed E-state index contributed by atoms with van der Waals surface area (Å²) >= 11 is 6.37. The number of fused-ring (bicyclic) bond motifs is 1. The van der Waals surface area contributed by atoms with E-state index in [0.717, 1.165) is 0 Å². The molecule has 0 aliphatic heterocycles. The molecule has 3 heterocycles. The van der Waals surface area contributed by atoms with Crippen LogP contribution in [0.25, 0.3) is 16.6 Å². The van der Waals surface area contributed by atoms with Crippen molar-refractivity contribution < 1.29 is 0 Å². The summed E-state index contributed by atoms with van der Waals surface area (Å²) in [6.45, 7) is 3.71. The van der Waals surface area contributed by atoms with Crippen molar-refractivity contribution in [1.29, 1.82) is 5.26 Å². The molecule has 0 amide bonds. The van der Waals surface area contributed by atoms with Crippen molar-refractivity contribution >= 4 is 45.9 Å². The molecule has 0 aliphatic rings. The first-order chi connectivity index (χ1) is 16.2. The maximum Gasteiger partial charge on any atom is 0.267 e. The van der Waals surface area contributed by atoms with Crippen molar-refractivity contribution in [3.63, 3.8) is 0 Å². The summed E-state index contributed by atoms with van der Waals surface area (Å²) in [6.07, 6.45) is 1.97. The van der Waals surface area contributed by atoms with Crippen molar-refractivity contribution in [1.82, 2.24) is 24.5 Å². The second kappa shape index (κ2) is 8.84.